The van der Waals surface area contributed by atoms with Gasteiger partial charge >= 0.3 is 0 Å². The summed E-state index contributed by atoms with van der Waals surface area (Å²) in [5, 5.41) is 19.2. The number of rotatable bonds is 8. The predicted molar refractivity (Wildman–Crippen MR) is 65.2 cm³/mol. The van der Waals surface area contributed by atoms with Crippen LogP contribution >= 0.6 is 0 Å². The zero-order valence-electron chi connectivity index (χ0n) is 10.9. The van der Waals surface area contributed by atoms with E-state index in [1.165, 1.54) is 0 Å². The Morgan fingerprint density at radius 1 is 0.875 bits per heavy atom. The number of ketones is 1. The molecule has 2 unspecified atom stereocenters. The molecule has 0 aromatic rings. The van der Waals surface area contributed by atoms with E-state index in [0.717, 1.165) is 0 Å². The summed E-state index contributed by atoms with van der Waals surface area (Å²) < 4.78 is 0. The Balaban J connectivity index is 3.80. The summed E-state index contributed by atoms with van der Waals surface area (Å²) in [6, 6.07) is 0. The van der Waals surface area contributed by atoms with Crippen LogP contribution in [-0.2, 0) is 4.79 Å². The van der Waals surface area contributed by atoms with Gasteiger partial charge in [-0.2, -0.15) is 0 Å². The number of carbonyl (C=O) groups is 1. The molecule has 0 saturated heterocycles. The van der Waals surface area contributed by atoms with Crippen molar-refractivity contribution in [3.63, 3.8) is 0 Å². The van der Waals surface area contributed by atoms with Crippen LogP contribution in [0, 0.1) is 11.8 Å². The lowest BCUT2D eigenvalue weighted by Gasteiger charge is -2.15. The molecule has 0 aromatic heterocycles. The summed E-state index contributed by atoms with van der Waals surface area (Å²) >= 11 is 0. The first-order valence-corrected chi connectivity index (χ1v) is 6.19. The van der Waals surface area contributed by atoms with E-state index in [0.29, 0.717) is 24.7 Å². The third kappa shape index (κ3) is 8.86. The Labute approximate surface area is 98.9 Å². The Hall–Kier alpha value is -0.410. The van der Waals surface area contributed by atoms with Crippen molar-refractivity contribution in [2.75, 3.05) is 0 Å². The molecule has 0 aliphatic heterocycles. The summed E-state index contributed by atoms with van der Waals surface area (Å²) in [6.45, 7) is 8.06. The molecule has 0 fully saturated rings. The van der Waals surface area contributed by atoms with Gasteiger partial charge in [-0.05, 0) is 24.7 Å². The van der Waals surface area contributed by atoms with Crippen LogP contribution in [-0.4, -0.2) is 28.2 Å². The Morgan fingerprint density at radius 2 is 1.19 bits per heavy atom. The molecular weight excluding hydrogens is 204 g/mol. The molecule has 16 heavy (non-hydrogen) atoms. The fourth-order valence-electron chi connectivity index (χ4n) is 1.86. The van der Waals surface area contributed by atoms with Crippen molar-refractivity contribution in [2.45, 2.75) is 65.6 Å². The summed E-state index contributed by atoms with van der Waals surface area (Å²) in [6.07, 6.45) is 0.524. The van der Waals surface area contributed by atoms with Crippen molar-refractivity contribution in [1.29, 1.82) is 0 Å². The molecule has 0 amide bonds. The first-order chi connectivity index (χ1) is 7.31. The summed E-state index contributed by atoms with van der Waals surface area (Å²) in [4.78, 5) is 11.5. The number of carbonyl (C=O) groups excluding carboxylic acids is 1. The molecule has 0 aromatic carbocycles. The van der Waals surface area contributed by atoms with Gasteiger partial charge in [-0.3, -0.25) is 4.79 Å². The molecule has 0 aliphatic carbocycles. The summed E-state index contributed by atoms with van der Waals surface area (Å²) in [5.41, 5.74) is 0. The van der Waals surface area contributed by atoms with Crippen LogP contribution in [0.15, 0.2) is 0 Å². The van der Waals surface area contributed by atoms with Gasteiger partial charge in [-0.1, -0.05) is 27.7 Å². The van der Waals surface area contributed by atoms with Gasteiger partial charge in [-0.15, -0.1) is 0 Å². The lowest BCUT2D eigenvalue weighted by molar-refractivity contribution is -0.123. The van der Waals surface area contributed by atoms with E-state index in [9.17, 15) is 15.0 Å². The first-order valence-electron chi connectivity index (χ1n) is 6.19. The molecule has 0 spiro atoms. The van der Waals surface area contributed by atoms with Gasteiger partial charge in [0.2, 0.25) is 0 Å². The van der Waals surface area contributed by atoms with Crippen LogP contribution in [0.5, 0.6) is 0 Å². The standard InChI is InChI=1S/C13H26O3/c1-9(2)5-11(14)7-13(16)8-12(15)6-10(3)4/h9-12,14-15H,5-8H2,1-4H3. The number of hydrogen-bond donors (Lipinski definition) is 2. The fourth-order valence-corrected chi connectivity index (χ4v) is 1.86. The molecule has 3 nitrogen and oxygen atoms in total. The molecule has 0 aliphatic rings. The normalized spacial score (nSPS) is 15.5. The summed E-state index contributed by atoms with van der Waals surface area (Å²) in [5.74, 6) is 0.744. The molecule has 0 heterocycles. The van der Waals surface area contributed by atoms with E-state index in [1.54, 1.807) is 0 Å². The molecule has 0 rings (SSSR count). The largest absolute Gasteiger partial charge is 0.393 e. The number of aliphatic hydroxyl groups excluding tert-OH is 2. The Bertz CT molecular complexity index is 179. The lowest BCUT2D eigenvalue weighted by Crippen LogP contribution is -2.21. The molecule has 0 bridgehead atoms. The second-order valence-corrected chi connectivity index (χ2v) is 5.51. The molecule has 96 valence electrons. The van der Waals surface area contributed by atoms with Gasteiger partial charge < -0.3 is 10.2 Å². The minimum atomic E-state index is -0.557. The fraction of sp³-hybridized carbons (Fsp3) is 0.923. The van der Waals surface area contributed by atoms with Crippen molar-refractivity contribution >= 4 is 5.78 Å². The third-order valence-corrected chi connectivity index (χ3v) is 2.41. The second-order valence-electron chi connectivity index (χ2n) is 5.51. The molecular formula is C13H26O3. The van der Waals surface area contributed by atoms with Crippen LogP contribution in [0.3, 0.4) is 0 Å². The second kappa shape index (κ2) is 7.80. The highest BCUT2D eigenvalue weighted by Crippen LogP contribution is 2.12. The SMILES string of the molecule is CC(C)CC(O)CC(=O)CC(O)CC(C)C. The topological polar surface area (TPSA) is 57.5 Å². The Kier molecular flexibility index (Phi) is 7.60. The minimum Gasteiger partial charge on any atom is -0.393 e. The van der Waals surface area contributed by atoms with E-state index >= 15 is 0 Å². The van der Waals surface area contributed by atoms with Gasteiger partial charge in [0.25, 0.3) is 0 Å². The third-order valence-electron chi connectivity index (χ3n) is 2.41. The van der Waals surface area contributed by atoms with E-state index in [1.807, 2.05) is 27.7 Å². The van der Waals surface area contributed by atoms with Crippen LogP contribution < -0.4 is 0 Å². The van der Waals surface area contributed by atoms with Crippen molar-refractivity contribution in [1.82, 2.24) is 0 Å². The predicted octanol–water partition coefficient (Wildman–Crippen LogP) is 2.15. The van der Waals surface area contributed by atoms with E-state index in [-0.39, 0.29) is 18.6 Å². The zero-order valence-corrected chi connectivity index (χ0v) is 10.9. The Morgan fingerprint density at radius 3 is 1.44 bits per heavy atom. The van der Waals surface area contributed by atoms with Crippen molar-refractivity contribution in [3.8, 4) is 0 Å². The number of Topliss-reactive ketones (excluding diaryl/α,β-unsaturated/α-hetero) is 1. The maximum Gasteiger partial charge on any atom is 0.138 e. The van der Waals surface area contributed by atoms with Crippen LogP contribution in [0.25, 0.3) is 0 Å². The van der Waals surface area contributed by atoms with Crippen molar-refractivity contribution in [3.05, 3.63) is 0 Å². The minimum absolute atomic E-state index is 0.0405. The zero-order chi connectivity index (χ0) is 12.7. The molecule has 0 saturated carbocycles. The highest BCUT2D eigenvalue weighted by molar-refractivity contribution is 5.79. The number of hydrogen-bond acceptors (Lipinski definition) is 3. The summed E-state index contributed by atoms with van der Waals surface area (Å²) in [7, 11) is 0. The quantitative estimate of drug-likeness (QED) is 0.671. The molecule has 0 radical (unpaired) electrons. The monoisotopic (exact) mass is 230 g/mol. The van der Waals surface area contributed by atoms with Gasteiger partial charge in [0.15, 0.2) is 0 Å². The van der Waals surface area contributed by atoms with Crippen LogP contribution in [0.1, 0.15) is 53.4 Å². The van der Waals surface area contributed by atoms with Gasteiger partial charge in [-0.25, -0.2) is 0 Å². The van der Waals surface area contributed by atoms with Gasteiger partial charge in [0, 0.05) is 12.8 Å². The average Bonchev–Trinajstić information content (AvgIpc) is 1.97. The van der Waals surface area contributed by atoms with E-state index < -0.39 is 12.2 Å². The highest BCUT2D eigenvalue weighted by Gasteiger charge is 2.16. The van der Waals surface area contributed by atoms with E-state index in [2.05, 4.69) is 0 Å². The maximum atomic E-state index is 11.5. The maximum absolute atomic E-state index is 11.5. The number of aliphatic hydroxyl groups is 2. The first kappa shape index (κ1) is 15.6. The van der Waals surface area contributed by atoms with Crippen LogP contribution in [0.2, 0.25) is 0 Å². The highest BCUT2D eigenvalue weighted by atomic mass is 16.3. The van der Waals surface area contributed by atoms with Crippen LogP contribution in [0.4, 0.5) is 0 Å². The smallest absolute Gasteiger partial charge is 0.138 e. The lowest BCUT2D eigenvalue weighted by atomic mass is 9.97. The van der Waals surface area contributed by atoms with E-state index in [4.69, 9.17) is 0 Å². The average molecular weight is 230 g/mol. The van der Waals surface area contributed by atoms with Gasteiger partial charge in [0.05, 0.1) is 12.2 Å². The van der Waals surface area contributed by atoms with Crippen molar-refractivity contribution < 1.29 is 15.0 Å². The molecule has 2 atom stereocenters. The van der Waals surface area contributed by atoms with Crippen molar-refractivity contribution in [2.24, 2.45) is 11.8 Å². The van der Waals surface area contributed by atoms with Gasteiger partial charge in [0.1, 0.15) is 5.78 Å². The molecule has 2 N–H and O–H groups in total. The molecule has 3 heteroatoms.